The smallest absolute Gasteiger partial charge is 0.0889 e. The van der Waals surface area contributed by atoms with Gasteiger partial charge in [-0.25, -0.2) is 0 Å². The minimum atomic E-state index is 0.208. The van der Waals surface area contributed by atoms with Gasteiger partial charge in [0.05, 0.1) is 11.7 Å². The van der Waals surface area contributed by atoms with E-state index in [2.05, 4.69) is 20.8 Å². The van der Waals surface area contributed by atoms with Crippen LogP contribution >= 0.6 is 0 Å². The molecule has 0 aromatic rings. The Morgan fingerprint density at radius 3 is 1.38 bits per heavy atom. The first-order valence-corrected chi connectivity index (χ1v) is 3.31. The molecule has 1 aliphatic rings. The van der Waals surface area contributed by atoms with Crippen molar-refractivity contribution in [3.63, 3.8) is 0 Å². The number of hydrogen-bond acceptors (Lipinski definition) is 1. The van der Waals surface area contributed by atoms with E-state index in [0.717, 1.165) is 0 Å². The van der Waals surface area contributed by atoms with Gasteiger partial charge in [0.15, 0.2) is 0 Å². The highest BCUT2D eigenvalue weighted by molar-refractivity contribution is 4.90. The van der Waals surface area contributed by atoms with Crippen LogP contribution < -0.4 is 0 Å². The molecule has 1 aliphatic heterocycles. The lowest BCUT2D eigenvalue weighted by Gasteiger charge is -1.84. The van der Waals surface area contributed by atoms with Crippen LogP contribution in [0.15, 0.2) is 0 Å². The Bertz CT molecular complexity index is 66.8. The van der Waals surface area contributed by atoms with Gasteiger partial charge >= 0.3 is 0 Å². The fourth-order valence-corrected chi connectivity index (χ4v) is 0.422. The second-order valence-corrected chi connectivity index (χ2v) is 2.36. The van der Waals surface area contributed by atoms with Gasteiger partial charge in [0.1, 0.15) is 0 Å². The second kappa shape index (κ2) is 2.49. The zero-order valence-electron chi connectivity index (χ0n) is 6.49. The lowest BCUT2D eigenvalue weighted by atomic mass is 10.2. The van der Waals surface area contributed by atoms with Crippen molar-refractivity contribution in [1.29, 1.82) is 0 Å². The van der Waals surface area contributed by atoms with E-state index in [1.54, 1.807) is 0 Å². The molecule has 0 N–H and O–H groups in total. The molecule has 0 aromatic carbocycles. The number of rotatable bonds is 0. The molecule has 1 fully saturated rings. The van der Waals surface area contributed by atoms with Gasteiger partial charge in [-0.2, -0.15) is 0 Å². The Balaban J connectivity index is 0.000000222. The molecule has 0 spiro atoms. The lowest BCUT2D eigenvalue weighted by molar-refractivity contribution is 0.328. The molecule has 1 unspecified atom stereocenters. The summed E-state index contributed by atoms with van der Waals surface area (Å²) in [6, 6.07) is 0. The van der Waals surface area contributed by atoms with Crippen LogP contribution in [-0.4, -0.2) is 11.7 Å². The quantitative estimate of drug-likeness (QED) is 0.442. The van der Waals surface area contributed by atoms with Crippen LogP contribution in [0.3, 0.4) is 0 Å². The zero-order valence-corrected chi connectivity index (χ0v) is 6.49. The summed E-state index contributed by atoms with van der Waals surface area (Å²) in [5, 5.41) is 0. The van der Waals surface area contributed by atoms with Crippen LogP contribution in [0.5, 0.6) is 0 Å². The molecule has 0 bridgehead atoms. The third-order valence-corrected chi connectivity index (χ3v) is 1.40. The van der Waals surface area contributed by atoms with Crippen molar-refractivity contribution in [1.82, 2.24) is 0 Å². The number of hydrogen-bond donors (Lipinski definition) is 0. The zero-order chi connectivity index (χ0) is 6.78. The van der Waals surface area contributed by atoms with Crippen LogP contribution in [-0.2, 0) is 4.74 Å². The Labute approximate surface area is 52.0 Å². The van der Waals surface area contributed by atoms with E-state index in [0.29, 0.717) is 6.10 Å². The average Bonchev–Trinajstić information content (AvgIpc) is 2.19. The van der Waals surface area contributed by atoms with Gasteiger partial charge in [-0.3, -0.25) is 0 Å². The van der Waals surface area contributed by atoms with Gasteiger partial charge < -0.3 is 4.74 Å². The maximum absolute atomic E-state index is 5.10. The standard InChI is InChI=1S/C5H10O.C2H6/c1-4-5(2,3)6-4;1-2/h4H,1-3H3;1-2H3. The van der Waals surface area contributed by atoms with Crippen LogP contribution in [0, 0.1) is 0 Å². The largest absolute Gasteiger partial charge is 0.367 e. The molecule has 50 valence electrons. The lowest BCUT2D eigenvalue weighted by Crippen LogP contribution is -1.97. The van der Waals surface area contributed by atoms with Crippen LogP contribution in [0.25, 0.3) is 0 Å². The van der Waals surface area contributed by atoms with Crippen molar-refractivity contribution >= 4 is 0 Å². The molecule has 0 aromatic heterocycles. The van der Waals surface area contributed by atoms with Gasteiger partial charge in [-0.05, 0) is 20.8 Å². The third kappa shape index (κ3) is 1.83. The van der Waals surface area contributed by atoms with Crippen molar-refractivity contribution in [2.24, 2.45) is 0 Å². The summed E-state index contributed by atoms with van der Waals surface area (Å²) in [4.78, 5) is 0. The van der Waals surface area contributed by atoms with Crippen LogP contribution in [0.2, 0.25) is 0 Å². The van der Waals surface area contributed by atoms with Crippen molar-refractivity contribution in [3.05, 3.63) is 0 Å². The molecule has 1 rings (SSSR count). The molecule has 0 amide bonds. The topological polar surface area (TPSA) is 12.5 Å². The maximum Gasteiger partial charge on any atom is 0.0889 e. The molecule has 1 heterocycles. The Hall–Kier alpha value is -0.0400. The van der Waals surface area contributed by atoms with Gasteiger partial charge in [0, 0.05) is 0 Å². The molecular weight excluding hydrogens is 100 g/mol. The fourth-order valence-electron chi connectivity index (χ4n) is 0.422. The van der Waals surface area contributed by atoms with E-state index in [9.17, 15) is 0 Å². The SMILES string of the molecule is CC.CC1OC1(C)C. The molecule has 0 saturated carbocycles. The molecular formula is C7H16O. The highest BCUT2D eigenvalue weighted by Gasteiger charge is 2.43. The van der Waals surface area contributed by atoms with E-state index < -0.39 is 0 Å². The van der Waals surface area contributed by atoms with Crippen molar-refractivity contribution in [2.45, 2.75) is 46.3 Å². The predicted molar refractivity (Wildman–Crippen MR) is 36.0 cm³/mol. The minimum Gasteiger partial charge on any atom is -0.367 e. The first kappa shape index (κ1) is 7.96. The van der Waals surface area contributed by atoms with E-state index in [4.69, 9.17) is 4.74 Å². The summed E-state index contributed by atoms with van der Waals surface area (Å²) >= 11 is 0. The molecule has 1 saturated heterocycles. The Morgan fingerprint density at radius 1 is 1.25 bits per heavy atom. The maximum atomic E-state index is 5.10. The molecule has 1 nitrogen and oxygen atoms in total. The molecule has 8 heavy (non-hydrogen) atoms. The van der Waals surface area contributed by atoms with Gasteiger partial charge in [-0.15, -0.1) is 0 Å². The molecule has 1 heteroatoms. The summed E-state index contributed by atoms with van der Waals surface area (Å²) in [5.41, 5.74) is 0.208. The highest BCUT2D eigenvalue weighted by atomic mass is 16.6. The molecule has 1 atom stereocenters. The third-order valence-electron chi connectivity index (χ3n) is 1.40. The second-order valence-electron chi connectivity index (χ2n) is 2.36. The average molecular weight is 116 g/mol. The number of epoxide rings is 1. The summed E-state index contributed by atoms with van der Waals surface area (Å²) in [6.45, 7) is 10.3. The van der Waals surface area contributed by atoms with Crippen molar-refractivity contribution < 1.29 is 4.74 Å². The van der Waals surface area contributed by atoms with Crippen molar-refractivity contribution in [3.8, 4) is 0 Å². The highest BCUT2D eigenvalue weighted by Crippen LogP contribution is 2.33. The van der Waals surface area contributed by atoms with Crippen LogP contribution in [0.1, 0.15) is 34.6 Å². The summed E-state index contributed by atoms with van der Waals surface area (Å²) in [5.74, 6) is 0. The summed E-state index contributed by atoms with van der Waals surface area (Å²) < 4.78 is 5.10. The van der Waals surface area contributed by atoms with E-state index in [1.807, 2.05) is 13.8 Å². The Morgan fingerprint density at radius 2 is 1.38 bits per heavy atom. The van der Waals surface area contributed by atoms with E-state index in [-0.39, 0.29) is 5.60 Å². The van der Waals surface area contributed by atoms with Crippen molar-refractivity contribution in [2.75, 3.05) is 0 Å². The first-order chi connectivity index (χ1) is 3.63. The predicted octanol–water partition coefficient (Wildman–Crippen LogP) is 2.21. The van der Waals surface area contributed by atoms with Gasteiger partial charge in [-0.1, -0.05) is 13.8 Å². The normalized spacial score (nSPS) is 30.4. The fraction of sp³-hybridized carbons (Fsp3) is 1.00. The monoisotopic (exact) mass is 116 g/mol. The van der Waals surface area contributed by atoms with Gasteiger partial charge in [0.2, 0.25) is 0 Å². The van der Waals surface area contributed by atoms with E-state index in [1.165, 1.54) is 0 Å². The molecule has 0 aliphatic carbocycles. The van der Waals surface area contributed by atoms with Crippen LogP contribution in [0.4, 0.5) is 0 Å². The number of ether oxygens (including phenoxy) is 1. The Kier molecular flexibility index (Phi) is 2.48. The summed E-state index contributed by atoms with van der Waals surface area (Å²) in [6.07, 6.45) is 0.498. The van der Waals surface area contributed by atoms with Gasteiger partial charge in [0.25, 0.3) is 0 Å². The summed E-state index contributed by atoms with van der Waals surface area (Å²) in [7, 11) is 0. The minimum absolute atomic E-state index is 0.208. The first-order valence-electron chi connectivity index (χ1n) is 3.31. The molecule has 0 radical (unpaired) electrons. The van der Waals surface area contributed by atoms with E-state index >= 15 is 0 Å².